The molecule has 2 rings (SSSR count). The molecule has 5 heteroatoms. The van der Waals surface area contributed by atoms with Crippen LogP contribution in [0.25, 0.3) is 0 Å². The number of nitrogens with two attached hydrogens (primary N) is 1. The van der Waals surface area contributed by atoms with E-state index in [1.54, 1.807) is 11.3 Å². The zero-order chi connectivity index (χ0) is 9.26. The summed E-state index contributed by atoms with van der Waals surface area (Å²) in [5.74, 6) is 0.120. The summed E-state index contributed by atoms with van der Waals surface area (Å²) in [5, 5.41) is 3.80. The first-order chi connectivity index (χ1) is 6.27. The molecule has 0 spiro atoms. The highest BCUT2D eigenvalue weighted by Crippen LogP contribution is 2.14. The van der Waals surface area contributed by atoms with Gasteiger partial charge < -0.3 is 10.6 Å². The first-order valence-electron chi connectivity index (χ1n) is 4.34. The van der Waals surface area contributed by atoms with Gasteiger partial charge in [-0.2, -0.15) is 11.3 Å². The fourth-order valence-corrected chi connectivity index (χ4v) is 2.17. The first-order valence-corrected chi connectivity index (χ1v) is 5.28. The van der Waals surface area contributed by atoms with Crippen LogP contribution >= 0.6 is 23.7 Å². The summed E-state index contributed by atoms with van der Waals surface area (Å²) in [7, 11) is 0. The molecule has 2 N–H and O–H groups in total. The Bertz CT molecular complexity index is 302. The van der Waals surface area contributed by atoms with Gasteiger partial charge >= 0.3 is 0 Å². The number of halogens is 1. The summed E-state index contributed by atoms with van der Waals surface area (Å²) in [6, 6.07) is 2.03. The van der Waals surface area contributed by atoms with E-state index < -0.39 is 0 Å². The van der Waals surface area contributed by atoms with Gasteiger partial charge in [-0.1, -0.05) is 0 Å². The van der Waals surface area contributed by atoms with Gasteiger partial charge in [-0.05, 0) is 17.9 Å². The topological polar surface area (TPSA) is 46.3 Å². The van der Waals surface area contributed by atoms with Gasteiger partial charge in [0.15, 0.2) is 0 Å². The molecule has 3 nitrogen and oxygen atoms in total. The Hall–Kier alpha value is -0.580. The first kappa shape index (κ1) is 11.5. The van der Waals surface area contributed by atoms with Crippen LogP contribution in [0.2, 0.25) is 0 Å². The van der Waals surface area contributed by atoms with E-state index in [0.29, 0.717) is 6.54 Å². The van der Waals surface area contributed by atoms with Crippen molar-refractivity contribution in [3.05, 3.63) is 22.4 Å². The van der Waals surface area contributed by atoms with Gasteiger partial charge in [0.05, 0.1) is 5.56 Å². The van der Waals surface area contributed by atoms with Crippen molar-refractivity contribution in [2.24, 2.45) is 5.73 Å². The number of amides is 1. The van der Waals surface area contributed by atoms with Gasteiger partial charge in [-0.15, -0.1) is 12.4 Å². The van der Waals surface area contributed by atoms with Gasteiger partial charge in [0, 0.05) is 24.5 Å². The largest absolute Gasteiger partial charge is 0.337 e. The highest BCUT2D eigenvalue weighted by atomic mass is 35.5. The smallest absolute Gasteiger partial charge is 0.254 e. The Balaban J connectivity index is 0.000000980. The maximum absolute atomic E-state index is 11.7. The monoisotopic (exact) mass is 232 g/mol. The molecule has 1 amide bonds. The molecule has 1 aromatic heterocycles. The molecule has 1 aromatic rings. The van der Waals surface area contributed by atoms with Crippen LogP contribution < -0.4 is 5.73 Å². The molecule has 2 heterocycles. The lowest BCUT2D eigenvalue weighted by atomic mass is 10.3. The van der Waals surface area contributed by atoms with Crippen LogP contribution in [-0.2, 0) is 0 Å². The molecule has 0 bridgehead atoms. The second kappa shape index (κ2) is 4.77. The maximum Gasteiger partial charge on any atom is 0.254 e. The number of likely N-dealkylation sites (tertiary alicyclic amines) is 1. The third-order valence-corrected chi connectivity index (χ3v) is 2.96. The molecule has 1 saturated heterocycles. The lowest BCUT2D eigenvalue weighted by molar-refractivity contribution is 0.0791. The minimum absolute atomic E-state index is 0. The van der Waals surface area contributed by atoms with E-state index in [2.05, 4.69) is 0 Å². The summed E-state index contributed by atoms with van der Waals surface area (Å²) >= 11 is 1.55. The van der Waals surface area contributed by atoms with Crippen molar-refractivity contribution in [3.8, 4) is 0 Å². The Kier molecular flexibility index (Phi) is 3.92. The fourth-order valence-electron chi connectivity index (χ4n) is 1.54. The van der Waals surface area contributed by atoms with Crippen molar-refractivity contribution in [1.29, 1.82) is 0 Å². The van der Waals surface area contributed by atoms with E-state index in [0.717, 1.165) is 18.5 Å². The lowest BCUT2D eigenvalue weighted by Crippen LogP contribution is -2.31. The number of carbonyl (C=O) groups is 1. The second-order valence-corrected chi connectivity index (χ2v) is 4.09. The predicted octanol–water partition coefficient (Wildman–Crippen LogP) is 1.34. The van der Waals surface area contributed by atoms with Crippen LogP contribution in [0.5, 0.6) is 0 Å². The third-order valence-electron chi connectivity index (χ3n) is 2.28. The second-order valence-electron chi connectivity index (χ2n) is 3.31. The summed E-state index contributed by atoms with van der Waals surface area (Å²) in [6.45, 7) is 1.50. The van der Waals surface area contributed by atoms with Crippen LogP contribution in [0.3, 0.4) is 0 Å². The quantitative estimate of drug-likeness (QED) is 0.795. The summed E-state index contributed by atoms with van der Waals surface area (Å²) in [4.78, 5) is 13.6. The highest BCUT2D eigenvalue weighted by Gasteiger charge is 2.24. The standard InChI is InChI=1S/C9H12N2OS.ClH/c10-8-1-3-11(5-8)9(12)7-2-4-13-6-7;/h2,4,6,8H,1,3,5,10H2;1H/t8-;/m1./s1. The summed E-state index contributed by atoms with van der Waals surface area (Å²) < 4.78 is 0. The minimum atomic E-state index is 0. The molecule has 0 saturated carbocycles. The third kappa shape index (κ3) is 2.26. The number of hydrogen-bond donors (Lipinski definition) is 1. The van der Waals surface area contributed by atoms with Crippen molar-refractivity contribution in [2.45, 2.75) is 12.5 Å². The highest BCUT2D eigenvalue weighted by molar-refractivity contribution is 7.08. The molecule has 1 aliphatic rings. The van der Waals surface area contributed by atoms with Crippen LogP contribution in [0.15, 0.2) is 16.8 Å². The molecular weight excluding hydrogens is 220 g/mol. The van der Waals surface area contributed by atoms with Gasteiger partial charge in [-0.25, -0.2) is 0 Å². The molecule has 1 fully saturated rings. The average molecular weight is 233 g/mol. The Labute approximate surface area is 93.3 Å². The molecule has 0 aliphatic carbocycles. The van der Waals surface area contributed by atoms with E-state index in [4.69, 9.17) is 5.73 Å². The summed E-state index contributed by atoms with van der Waals surface area (Å²) in [5.41, 5.74) is 6.52. The molecule has 78 valence electrons. The molecule has 0 unspecified atom stereocenters. The van der Waals surface area contributed by atoms with E-state index in [1.165, 1.54) is 0 Å². The fraction of sp³-hybridized carbons (Fsp3) is 0.444. The number of hydrogen-bond acceptors (Lipinski definition) is 3. The Morgan fingerprint density at radius 1 is 1.64 bits per heavy atom. The molecule has 14 heavy (non-hydrogen) atoms. The Morgan fingerprint density at radius 3 is 2.93 bits per heavy atom. The van der Waals surface area contributed by atoms with Crippen molar-refractivity contribution in [2.75, 3.05) is 13.1 Å². The van der Waals surface area contributed by atoms with Crippen molar-refractivity contribution in [1.82, 2.24) is 4.90 Å². The van der Waals surface area contributed by atoms with Gasteiger partial charge in [0.25, 0.3) is 5.91 Å². The molecule has 0 aromatic carbocycles. The van der Waals surface area contributed by atoms with E-state index in [1.807, 2.05) is 21.7 Å². The number of thiophene rings is 1. The lowest BCUT2D eigenvalue weighted by Gasteiger charge is -2.14. The normalized spacial score (nSPS) is 20.6. The average Bonchev–Trinajstić information content (AvgIpc) is 2.72. The van der Waals surface area contributed by atoms with Crippen molar-refractivity contribution >= 4 is 29.7 Å². The van der Waals surface area contributed by atoms with Crippen molar-refractivity contribution < 1.29 is 4.79 Å². The SMILES string of the molecule is Cl.N[C@@H]1CCN(C(=O)c2ccsc2)C1. The van der Waals surface area contributed by atoms with Gasteiger partial charge in [0.2, 0.25) is 0 Å². The minimum Gasteiger partial charge on any atom is -0.337 e. The predicted molar refractivity (Wildman–Crippen MR) is 60.1 cm³/mol. The number of carbonyl (C=O) groups excluding carboxylic acids is 1. The van der Waals surface area contributed by atoms with E-state index in [9.17, 15) is 4.79 Å². The zero-order valence-corrected chi connectivity index (χ0v) is 9.31. The van der Waals surface area contributed by atoms with E-state index in [-0.39, 0.29) is 24.4 Å². The number of nitrogens with zero attached hydrogens (tertiary/aromatic N) is 1. The maximum atomic E-state index is 11.7. The zero-order valence-electron chi connectivity index (χ0n) is 7.68. The number of rotatable bonds is 1. The molecular formula is C9H13ClN2OS. The Morgan fingerprint density at radius 2 is 2.43 bits per heavy atom. The van der Waals surface area contributed by atoms with Gasteiger partial charge in [-0.3, -0.25) is 4.79 Å². The van der Waals surface area contributed by atoms with Crippen LogP contribution in [0.1, 0.15) is 16.8 Å². The van der Waals surface area contributed by atoms with Crippen molar-refractivity contribution in [3.63, 3.8) is 0 Å². The van der Waals surface area contributed by atoms with Crippen LogP contribution in [0, 0.1) is 0 Å². The van der Waals surface area contributed by atoms with Crippen LogP contribution in [-0.4, -0.2) is 29.9 Å². The van der Waals surface area contributed by atoms with Gasteiger partial charge in [0.1, 0.15) is 0 Å². The van der Waals surface area contributed by atoms with Crippen LogP contribution in [0.4, 0.5) is 0 Å². The molecule has 1 atom stereocenters. The summed E-state index contributed by atoms with van der Waals surface area (Å²) in [6.07, 6.45) is 0.926. The molecule has 1 aliphatic heterocycles. The van der Waals surface area contributed by atoms with E-state index >= 15 is 0 Å². The molecule has 0 radical (unpaired) electrons.